The third-order valence-electron chi connectivity index (χ3n) is 5.26. The van der Waals surface area contributed by atoms with E-state index in [0.29, 0.717) is 28.2 Å². The summed E-state index contributed by atoms with van der Waals surface area (Å²) in [4.78, 5) is 12.5. The maximum absolute atomic E-state index is 12.5. The van der Waals surface area contributed by atoms with Gasteiger partial charge >= 0.3 is 0 Å². The fraction of sp³-hybridized carbons (Fsp3) is 0.154. The van der Waals surface area contributed by atoms with Crippen molar-refractivity contribution in [2.75, 3.05) is 20.0 Å². The molecule has 4 rings (SSSR count). The smallest absolute Gasteiger partial charge is 0.250 e. The summed E-state index contributed by atoms with van der Waals surface area (Å²) in [5.74, 6) is 1.76. The summed E-state index contributed by atoms with van der Waals surface area (Å²) >= 11 is 1.25. The van der Waals surface area contributed by atoms with E-state index in [1.165, 1.54) is 11.8 Å². The number of carbonyl (C=O) groups excluding carboxylic acids is 1. The van der Waals surface area contributed by atoms with Gasteiger partial charge in [-0.1, -0.05) is 30.0 Å². The summed E-state index contributed by atoms with van der Waals surface area (Å²) in [5, 5.41) is 22.9. The molecule has 0 fully saturated rings. The van der Waals surface area contributed by atoms with Crippen LogP contribution in [-0.2, 0) is 4.79 Å². The number of aromatic nitrogens is 3. The van der Waals surface area contributed by atoms with Crippen LogP contribution in [0.4, 0.5) is 0 Å². The number of amides is 1. The van der Waals surface area contributed by atoms with E-state index >= 15 is 0 Å². The van der Waals surface area contributed by atoms with Crippen molar-refractivity contribution in [1.82, 2.24) is 20.2 Å². The molecule has 0 bridgehead atoms. The molecule has 0 radical (unpaired) electrons. The monoisotopic (exact) mass is 503 g/mol. The van der Waals surface area contributed by atoms with E-state index in [1.807, 2.05) is 53.1 Å². The molecule has 0 unspecified atom stereocenters. The van der Waals surface area contributed by atoms with Crippen molar-refractivity contribution < 1.29 is 19.4 Å². The maximum Gasteiger partial charge on any atom is 0.250 e. The molecule has 0 atom stereocenters. The standard InChI is InChI=1S/C26H25N5O4S/c1-17(18-9-12-21(32)13-10-18)27-28-24(33)16-36-26-30-29-25(31(26)20-7-5-4-6-8-20)19-11-14-22(34-2)23(15-19)35-3/h4-15,32H,16H2,1-3H3,(H,28,33). The second-order valence-electron chi connectivity index (χ2n) is 7.61. The lowest BCUT2D eigenvalue weighted by Gasteiger charge is -2.12. The first-order chi connectivity index (χ1) is 17.5. The predicted octanol–water partition coefficient (Wildman–Crippen LogP) is 4.29. The minimum atomic E-state index is -0.284. The van der Waals surface area contributed by atoms with Crippen LogP contribution in [0, 0.1) is 0 Å². The van der Waals surface area contributed by atoms with Crippen molar-refractivity contribution in [3.8, 4) is 34.3 Å². The molecule has 184 valence electrons. The topological polar surface area (TPSA) is 111 Å². The Balaban J connectivity index is 1.55. The number of benzene rings is 3. The van der Waals surface area contributed by atoms with E-state index in [0.717, 1.165) is 16.8 Å². The maximum atomic E-state index is 12.5. The molecular weight excluding hydrogens is 478 g/mol. The Morgan fingerprint density at radius 1 is 1.00 bits per heavy atom. The highest BCUT2D eigenvalue weighted by atomic mass is 32.2. The van der Waals surface area contributed by atoms with E-state index in [9.17, 15) is 9.90 Å². The summed E-state index contributed by atoms with van der Waals surface area (Å²) in [7, 11) is 3.16. The first-order valence-electron chi connectivity index (χ1n) is 11.0. The number of hydrogen-bond donors (Lipinski definition) is 2. The third-order valence-corrected chi connectivity index (χ3v) is 6.18. The molecule has 0 saturated carbocycles. The number of methoxy groups -OCH3 is 2. The van der Waals surface area contributed by atoms with Gasteiger partial charge in [-0.15, -0.1) is 10.2 Å². The molecule has 0 spiro atoms. The average molecular weight is 504 g/mol. The van der Waals surface area contributed by atoms with Crippen molar-refractivity contribution >= 4 is 23.4 Å². The molecule has 1 amide bonds. The molecule has 0 aliphatic carbocycles. The quantitative estimate of drug-likeness (QED) is 0.199. The van der Waals surface area contributed by atoms with Crippen molar-refractivity contribution in [2.24, 2.45) is 5.10 Å². The zero-order chi connectivity index (χ0) is 25.5. The lowest BCUT2D eigenvalue weighted by Crippen LogP contribution is -2.21. The van der Waals surface area contributed by atoms with E-state index in [-0.39, 0.29) is 17.4 Å². The highest BCUT2D eigenvalue weighted by Gasteiger charge is 2.18. The lowest BCUT2D eigenvalue weighted by atomic mass is 10.1. The van der Waals surface area contributed by atoms with Crippen LogP contribution in [0.3, 0.4) is 0 Å². The number of rotatable bonds is 9. The number of phenolic OH excluding ortho intramolecular Hbond substituents is 1. The molecule has 1 heterocycles. The average Bonchev–Trinajstić information content (AvgIpc) is 3.35. The molecule has 2 N–H and O–H groups in total. The summed E-state index contributed by atoms with van der Waals surface area (Å²) < 4.78 is 12.7. The first kappa shape index (κ1) is 24.8. The lowest BCUT2D eigenvalue weighted by molar-refractivity contribution is -0.118. The van der Waals surface area contributed by atoms with Crippen LogP contribution in [0.25, 0.3) is 17.1 Å². The Labute approximate surface area is 212 Å². The molecule has 3 aromatic carbocycles. The number of nitrogens with one attached hydrogen (secondary N) is 1. The zero-order valence-corrected chi connectivity index (χ0v) is 20.8. The minimum absolute atomic E-state index is 0.0866. The summed E-state index contributed by atoms with van der Waals surface area (Å²) in [6.07, 6.45) is 0. The van der Waals surface area contributed by atoms with Crippen LogP contribution in [-0.4, -0.2) is 51.5 Å². The van der Waals surface area contributed by atoms with E-state index in [2.05, 4.69) is 20.7 Å². The number of phenols is 1. The Hall–Kier alpha value is -4.31. The zero-order valence-electron chi connectivity index (χ0n) is 20.0. The molecule has 1 aromatic heterocycles. The van der Waals surface area contributed by atoms with Crippen LogP contribution in [0.2, 0.25) is 0 Å². The number of aromatic hydroxyl groups is 1. The van der Waals surface area contributed by atoms with Crippen LogP contribution < -0.4 is 14.9 Å². The molecule has 4 aromatic rings. The third kappa shape index (κ3) is 5.66. The van der Waals surface area contributed by atoms with Crippen LogP contribution in [0.1, 0.15) is 12.5 Å². The fourth-order valence-corrected chi connectivity index (χ4v) is 4.16. The van der Waals surface area contributed by atoms with Gasteiger partial charge in [0.1, 0.15) is 5.75 Å². The molecule has 0 aliphatic heterocycles. The van der Waals surface area contributed by atoms with Gasteiger partial charge in [0.05, 0.1) is 25.7 Å². The van der Waals surface area contributed by atoms with Crippen molar-refractivity contribution in [1.29, 1.82) is 0 Å². The largest absolute Gasteiger partial charge is 0.508 e. The Bertz CT molecular complexity index is 1370. The van der Waals surface area contributed by atoms with Crippen molar-refractivity contribution in [2.45, 2.75) is 12.1 Å². The number of ether oxygens (including phenoxy) is 2. The van der Waals surface area contributed by atoms with Gasteiger partial charge in [0.2, 0.25) is 0 Å². The Morgan fingerprint density at radius 2 is 1.72 bits per heavy atom. The van der Waals surface area contributed by atoms with Crippen LogP contribution in [0.15, 0.2) is 83.1 Å². The molecule has 9 nitrogen and oxygen atoms in total. The second-order valence-corrected chi connectivity index (χ2v) is 8.56. The number of thioether (sulfide) groups is 1. The van der Waals surface area contributed by atoms with Gasteiger partial charge in [-0.2, -0.15) is 5.10 Å². The Kier molecular flexibility index (Phi) is 7.86. The van der Waals surface area contributed by atoms with E-state index in [4.69, 9.17) is 9.47 Å². The molecule has 10 heteroatoms. The Morgan fingerprint density at radius 3 is 2.42 bits per heavy atom. The van der Waals surface area contributed by atoms with Gasteiger partial charge < -0.3 is 14.6 Å². The first-order valence-corrected chi connectivity index (χ1v) is 12.0. The van der Waals surface area contributed by atoms with Gasteiger partial charge in [0, 0.05) is 11.3 Å². The van der Waals surface area contributed by atoms with Gasteiger partial charge in [-0.05, 0) is 67.1 Å². The highest BCUT2D eigenvalue weighted by Crippen LogP contribution is 2.34. The summed E-state index contributed by atoms with van der Waals surface area (Å²) in [6, 6.07) is 21.8. The fourth-order valence-electron chi connectivity index (χ4n) is 3.41. The number of hydrazone groups is 1. The van der Waals surface area contributed by atoms with E-state index < -0.39 is 0 Å². The SMILES string of the molecule is COc1ccc(-c2nnc(SCC(=O)NN=C(C)c3ccc(O)cc3)n2-c2ccccc2)cc1OC. The summed E-state index contributed by atoms with van der Waals surface area (Å²) in [6.45, 7) is 1.78. The van der Waals surface area contributed by atoms with Crippen molar-refractivity contribution in [3.05, 3.63) is 78.4 Å². The van der Waals surface area contributed by atoms with Crippen molar-refractivity contribution in [3.63, 3.8) is 0 Å². The predicted molar refractivity (Wildman–Crippen MR) is 139 cm³/mol. The molecular formula is C26H25N5O4S. The van der Waals surface area contributed by atoms with E-state index in [1.54, 1.807) is 45.4 Å². The van der Waals surface area contributed by atoms with Gasteiger partial charge in [0.25, 0.3) is 5.91 Å². The normalized spacial score (nSPS) is 11.2. The number of hydrogen-bond acceptors (Lipinski definition) is 8. The molecule has 0 aliphatic rings. The molecule has 36 heavy (non-hydrogen) atoms. The number of nitrogens with zero attached hydrogens (tertiary/aromatic N) is 4. The molecule has 0 saturated heterocycles. The highest BCUT2D eigenvalue weighted by molar-refractivity contribution is 7.99. The van der Waals surface area contributed by atoms with Gasteiger partial charge in [0.15, 0.2) is 22.5 Å². The van der Waals surface area contributed by atoms with Crippen LogP contribution >= 0.6 is 11.8 Å². The minimum Gasteiger partial charge on any atom is -0.508 e. The van der Waals surface area contributed by atoms with Gasteiger partial charge in [-0.3, -0.25) is 9.36 Å². The summed E-state index contributed by atoms with van der Waals surface area (Å²) in [5.41, 5.74) is 5.63. The van der Waals surface area contributed by atoms with Crippen LogP contribution in [0.5, 0.6) is 17.2 Å². The number of carbonyl (C=O) groups is 1. The second kappa shape index (κ2) is 11.4. The number of para-hydroxylation sites is 1. The van der Waals surface area contributed by atoms with Gasteiger partial charge in [-0.25, -0.2) is 5.43 Å².